The van der Waals surface area contributed by atoms with E-state index in [9.17, 15) is 37.1 Å². The molecule has 0 spiro atoms. The monoisotopic (exact) mass is 501 g/mol. The summed E-state index contributed by atoms with van der Waals surface area (Å²) in [4.78, 5) is 39.4. The van der Waals surface area contributed by atoms with Crippen molar-refractivity contribution >= 4 is 23.3 Å². The molecule has 0 saturated carbocycles. The molecule has 0 bridgehead atoms. The Morgan fingerprint density at radius 1 is 1.26 bits per heavy atom. The van der Waals surface area contributed by atoms with Crippen LogP contribution in [0.2, 0.25) is 5.02 Å². The van der Waals surface area contributed by atoms with Crippen LogP contribution in [0.15, 0.2) is 29.2 Å². The molecule has 7 nitrogen and oxygen atoms in total. The molecule has 1 aromatic heterocycles. The number of piperidine rings is 1. The van der Waals surface area contributed by atoms with Crippen molar-refractivity contribution in [1.82, 2.24) is 9.58 Å². The molecule has 34 heavy (non-hydrogen) atoms. The number of nitrogens with zero attached hydrogens (tertiary/aromatic N) is 3. The number of ketones is 1. The van der Waals surface area contributed by atoms with E-state index >= 15 is 0 Å². The fourth-order valence-corrected chi connectivity index (χ4v) is 4.65. The number of hydrogen-bond donors (Lipinski definition) is 1. The molecular weight excluding hydrogens is 482 g/mol. The van der Waals surface area contributed by atoms with Crippen molar-refractivity contribution in [3.8, 4) is 5.75 Å². The van der Waals surface area contributed by atoms with E-state index in [-0.39, 0.29) is 36.4 Å². The Hall–Kier alpha value is -3.08. The fourth-order valence-electron chi connectivity index (χ4n) is 4.45. The molecule has 3 heterocycles. The van der Waals surface area contributed by atoms with Gasteiger partial charge in [0.1, 0.15) is 12.0 Å². The third-order valence-corrected chi connectivity index (χ3v) is 6.67. The smallest absolute Gasteiger partial charge is 0.392 e. The summed E-state index contributed by atoms with van der Waals surface area (Å²) in [6, 6.07) is 4.30. The number of alkyl halides is 3. The fraction of sp³-hybridized carbons (Fsp3) is 0.409. The maximum absolute atomic E-state index is 14.1. The molecule has 2 aliphatic rings. The van der Waals surface area contributed by atoms with Gasteiger partial charge in [-0.25, -0.2) is 4.39 Å². The number of hydrogen-bond acceptors (Lipinski definition) is 5. The van der Waals surface area contributed by atoms with E-state index in [1.807, 2.05) is 0 Å². The topological polar surface area (TPSA) is 82.9 Å². The summed E-state index contributed by atoms with van der Waals surface area (Å²) in [7, 11) is 1.30. The highest BCUT2D eigenvalue weighted by Crippen LogP contribution is 2.39. The molecule has 1 amide bonds. The van der Waals surface area contributed by atoms with Gasteiger partial charge < -0.3 is 10.0 Å². The minimum Gasteiger partial charge on any atom is -0.502 e. The van der Waals surface area contributed by atoms with Gasteiger partial charge in [0.15, 0.2) is 17.2 Å². The van der Waals surface area contributed by atoms with E-state index in [2.05, 4.69) is 0 Å². The van der Waals surface area contributed by atoms with Crippen molar-refractivity contribution in [3.05, 3.63) is 62.3 Å². The van der Waals surface area contributed by atoms with E-state index in [4.69, 9.17) is 11.6 Å². The molecule has 182 valence electrons. The second kappa shape index (κ2) is 8.61. The largest absolute Gasteiger partial charge is 0.502 e. The normalized spacial score (nSPS) is 20.2. The first kappa shape index (κ1) is 24.1. The molecule has 0 unspecified atom stereocenters. The van der Waals surface area contributed by atoms with E-state index in [0.29, 0.717) is 0 Å². The molecule has 0 aliphatic carbocycles. The standard InChI is InChI=1S/C22H20ClF4N3O4/c1-28-16-9-12(22(25,26)27)7-8-29(16)30-10-13(19(32)20(33)18(30)21(28)34)15(31)6-5-11-3-2-4-14(23)17(11)24/h2-4,10,12,16,33H,5-9H2,1H3/t12-,16-/m0/s1. The number of aromatic nitrogens is 1. The molecule has 1 N–H and O–H groups in total. The van der Waals surface area contributed by atoms with Crippen molar-refractivity contribution in [1.29, 1.82) is 0 Å². The van der Waals surface area contributed by atoms with Crippen LogP contribution in [0.4, 0.5) is 17.6 Å². The van der Waals surface area contributed by atoms with Gasteiger partial charge in [-0.3, -0.25) is 24.1 Å². The maximum Gasteiger partial charge on any atom is 0.392 e. The van der Waals surface area contributed by atoms with Crippen LogP contribution in [-0.4, -0.2) is 52.3 Å². The number of carbonyl (C=O) groups is 2. The van der Waals surface area contributed by atoms with Crippen LogP contribution in [0.3, 0.4) is 0 Å². The Morgan fingerprint density at radius 3 is 2.65 bits per heavy atom. The highest BCUT2D eigenvalue weighted by molar-refractivity contribution is 6.30. The predicted octanol–water partition coefficient (Wildman–Crippen LogP) is 3.48. The lowest BCUT2D eigenvalue weighted by Crippen LogP contribution is -2.63. The Morgan fingerprint density at radius 2 is 1.97 bits per heavy atom. The summed E-state index contributed by atoms with van der Waals surface area (Å²) >= 11 is 5.74. The molecule has 4 rings (SSSR count). The number of pyridine rings is 1. The van der Waals surface area contributed by atoms with Crippen molar-refractivity contribution in [2.45, 2.75) is 38.0 Å². The quantitative estimate of drug-likeness (QED) is 0.512. The second-order valence-corrected chi connectivity index (χ2v) is 8.78. The first-order valence-electron chi connectivity index (χ1n) is 10.5. The van der Waals surface area contributed by atoms with E-state index in [1.54, 1.807) is 0 Å². The number of rotatable bonds is 4. The number of fused-ring (bicyclic) bond motifs is 3. The molecule has 0 radical (unpaired) electrons. The van der Waals surface area contributed by atoms with Gasteiger partial charge in [-0.2, -0.15) is 13.2 Å². The van der Waals surface area contributed by atoms with Crippen LogP contribution in [0, 0.1) is 11.7 Å². The van der Waals surface area contributed by atoms with Gasteiger partial charge in [0, 0.05) is 26.2 Å². The summed E-state index contributed by atoms with van der Waals surface area (Å²) in [6.45, 7) is -0.122. The van der Waals surface area contributed by atoms with Gasteiger partial charge in [-0.05, 0) is 30.9 Å². The lowest BCUT2D eigenvalue weighted by molar-refractivity contribution is -0.185. The summed E-state index contributed by atoms with van der Waals surface area (Å²) < 4.78 is 55.1. The van der Waals surface area contributed by atoms with Crippen LogP contribution >= 0.6 is 11.6 Å². The molecule has 1 saturated heterocycles. The highest BCUT2D eigenvalue weighted by Gasteiger charge is 2.49. The van der Waals surface area contributed by atoms with Gasteiger partial charge in [0.05, 0.1) is 16.5 Å². The number of Topliss-reactive ketones (excluding diaryl/α,β-unsaturated/α-hetero) is 1. The van der Waals surface area contributed by atoms with Crippen molar-refractivity contribution in [2.75, 3.05) is 18.6 Å². The van der Waals surface area contributed by atoms with Gasteiger partial charge in [-0.15, -0.1) is 0 Å². The second-order valence-electron chi connectivity index (χ2n) is 8.37. The van der Waals surface area contributed by atoms with Crippen LogP contribution in [0.5, 0.6) is 5.75 Å². The third kappa shape index (κ3) is 4.02. The van der Waals surface area contributed by atoms with Crippen LogP contribution in [0.25, 0.3) is 0 Å². The summed E-state index contributed by atoms with van der Waals surface area (Å²) in [5.74, 6) is -4.83. The Kier molecular flexibility index (Phi) is 6.09. The van der Waals surface area contributed by atoms with Gasteiger partial charge >= 0.3 is 6.18 Å². The SMILES string of the molecule is CN1C(=O)c2c(O)c(=O)c(C(=O)CCc3cccc(Cl)c3F)cn2N2CC[C@H](C(F)(F)F)C[C@@H]12. The molecule has 2 aliphatic heterocycles. The zero-order valence-corrected chi connectivity index (χ0v) is 18.7. The first-order valence-corrected chi connectivity index (χ1v) is 10.8. The van der Waals surface area contributed by atoms with Crippen LogP contribution < -0.4 is 10.4 Å². The number of aryl methyl sites for hydroxylation is 1. The van der Waals surface area contributed by atoms with Gasteiger partial charge in [-0.1, -0.05) is 23.7 Å². The Balaban J connectivity index is 1.68. The minimum atomic E-state index is -4.43. The molecule has 2 atom stereocenters. The van der Waals surface area contributed by atoms with Crippen LogP contribution in [0.1, 0.15) is 45.7 Å². The number of benzene rings is 1. The molecular formula is C22H20ClF4N3O4. The molecule has 1 aromatic carbocycles. The van der Waals surface area contributed by atoms with E-state index < -0.39 is 64.6 Å². The van der Waals surface area contributed by atoms with Crippen molar-refractivity contribution in [3.63, 3.8) is 0 Å². The maximum atomic E-state index is 14.1. The predicted molar refractivity (Wildman–Crippen MR) is 114 cm³/mol. The van der Waals surface area contributed by atoms with Gasteiger partial charge in [0.25, 0.3) is 5.91 Å². The number of aromatic hydroxyl groups is 1. The summed E-state index contributed by atoms with van der Waals surface area (Å²) in [6.07, 6.45) is -5.36. The third-order valence-electron chi connectivity index (χ3n) is 6.37. The average Bonchev–Trinajstić information content (AvgIpc) is 2.79. The zero-order valence-electron chi connectivity index (χ0n) is 17.9. The van der Waals surface area contributed by atoms with Gasteiger partial charge in [0.2, 0.25) is 5.43 Å². The lowest BCUT2D eigenvalue weighted by Gasteiger charge is -2.49. The van der Waals surface area contributed by atoms with Crippen LogP contribution in [-0.2, 0) is 6.42 Å². The first-order chi connectivity index (χ1) is 15.9. The Bertz CT molecular complexity index is 1230. The number of amides is 1. The molecule has 2 aromatic rings. The lowest BCUT2D eigenvalue weighted by atomic mass is 9.93. The summed E-state index contributed by atoms with van der Waals surface area (Å²) in [5, 5.41) is 11.8. The average molecular weight is 502 g/mol. The summed E-state index contributed by atoms with van der Waals surface area (Å²) in [5.41, 5.74) is -1.79. The zero-order chi connectivity index (χ0) is 24.9. The van der Waals surface area contributed by atoms with Crippen molar-refractivity contribution < 1.29 is 32.3 Å². The van der Waals surface area contributed by atoms with Crippen molar-refractivity contribution in [2.24, 2.45) is 5.92 Å². The Labute approximate surface area is 196 Å². The number of carbonyl (C=O) groups excluding carboxylic acids is 2. The minimum absolute atomic E-state index is 0.0750. The highest BCUT2D eigenvalue weighted by atomic mass is 35.5. The number of halogens is 5. The molecule has 12 heteroatoms. The van der Waals surface area contributed by atoms with E-state index in [1.165, 1.54) is 30.3 Å². The van der Waals surface area contributed by atoms with E-state index in [0.717, 1.165) is 15.8 Å². The molecule has 1 fully saturated rings.